The maximum absolute atomic E-state index is 11.2. The number of aromatic nitrogens is 3. The zero-order valence-corrected chi connectivity index (χ0v) is 16.0. The Morgan fingerprint density at radius 1 is 1.19 bits per heavy atom. The van der Waals surface area contributed by atoms with E-state index in [2.05, 4.69) is 32.7 Å². The third-order valence-electron chi connectivity index (χ3n) is 5.72. The average molecular weight is 369 g/mol. The van der Waals surface area contributed by atoms with Crippen LogP contribution in [0.25, 0.3) is 0 Å². The lowest BCUT2D eigenvalue weighted by Crippen LogP contribution is -2.42. The monoisotopic (exact) mass is 369 g/mol. The number of carbonyl (C=O) groups is 1. The Bertz CT molecular complexity index is 774. The van der Waals surface area contributed by atoms with Gasteiger partial charge in [0.2, 0.25) is 5.91 Å². The first-order valence-corrected chi connectivity index (χ1v) is 9.64. The van der Waals surface area contributed by atoms with Crippen LogP contribution in [-0.4, -0.2) is 45.0 Å². The molecule has 0 aliphatic carbocycles. The van der Waals surface area contributed by atoms with Crippen LogP contribution in [0.3, 0.4) is 0 Å². The molecule has 2 aromatic rings. The Labute approximate surface area is 159 Å². The number of benzene rings is 1. The van der Waals surface area contributed by atoms with Gasteiger partial charge in [0.1, 0.15) is 5.69 Å². The van der Waals surface area contributed by atoms with E-state index in [0.29, 0.717) is 24.7 Å². The minimum absolute atomic E-state index is 0.0374. The number of methoxy groups -OCH3 is 1. The summed E-state index contributed by atoms with van der Waals surface area (Å²) in [7, 11) is 1.68. The first kappa shape index (κ1) is 18.1. The zero-order chi connectivity index (χ0) is 18.8. The number of amides is 1. The molecular formula is C20H27N5O2. The van der Waals surface area contributed by atoms with Gasteiger partial charge in [0.05, 0.1) is 18.8 Å². The molecule has 2 aliphatic rings. The summed E-state index contributed by atoms with van der Waals surface area (Å²) in [5, 5.41) is 11.4. The Balaban J connectivity index is 1.39. The second kappa shape index (κ2) is 7.78. The van der Waals surface area contributed by atoms with Gasteiger partial charge in [-0.25, -0.2) is 4.68 Å². The van der Waals surface area contributed by atoms with Crippen molar-refractivity contribution in [2.75, 3.05) is 12.4 Å². The number of piperidine rings is 1. The summed E-state index contributed by atoms with van der Waals surface area (Å²) >= 11 is 0. The molecule has 2 fully saturated rings. The van der Waals surface area contributed by atoms with Gasteiger partial charge in [0.15, 0.2) is 0 Å². The molecule has 2 atom stereocenters. The Kier molecular flexibility index (Phi) is 5.22. The van der Waals surface area contributed by atoms with E-state index in [1.165, 1.54) is 25.3 Å². The van der Waals surface area contributed by atoms with Gasteiger partial charge < -0.3 is 10.1 Å². The quantitative estimate of drug-likeness (QED) is 0.848. The molecule has 2 bridgehead atoms. The van der Waals surface area contributed by atoms with Crippen LogP contribution in [0, 0.1) is 0 Å². The second-order valence-electron chi connectivity index (χ2n) is 7.68. The summed E-state index contributed by atoms with van der Waals surface area (Å²) in [6, 6.07) is 9.82. The fourth-order valence-electron chi connectivity index (χ4n) is 4.53. The number of nitrogens with one attached hydrogen (secondary N) is 1. The predicted molar refractivity (Wildman–Crippen MR) is 102 cm³/mol. The van der Waals surface area contributed by atoms with Crippen molar-refractivity contribution in [2.45, 2.75) is 63.9 Å². The number of hydrogen-bond donors (Lipinski definition) is 1. The summed E-state index contributed by atoms with van der Waals surface area (Å²) in [4.78, 5) is 13.8. The van der Waals surface area contributed by atoms with Gasteiger partial charge >= 0.3 is 0 Å². The third kappa shape index (κ3) is 4.04. The largest absolute Gasteiger partial charge is 0.378 e. The molecule has 1 aromatic heterocycles. The molecule has 3 heterocycles. The Hall–Kier alpha value is -2.25. The highest BCUT2D eigenvalue weighted by Gasteiger charge is 2.41. The van der Waals surface area contributed by atoms with Crippen LogP contribution < -0.4 is 5.32 Å². The van der Waals surface area contributed by atoms with Crippen molar-refractivity contribution in [3.8, 4) is 0 Å². The van der Waals surface area contributed by atoms with Crippen molar-refractivity contribution >= 4 is 11.6 Å². The van der Waals surface area contributed by atoms with Crippen molar-refractivity contribution < 1.29 is 9.53 Å². The highest BCUT2D eigenvalue weighted by Crippen LogP contribution is 2.41. The highest BCUT2D eigenvalue weighted by atomic mass is 16.5. The van der Waals surface area contributed by atoms with Crippen LogP contribution >= 0.6 is 0 Å². The van der Waals surface area contributed by atoms with Crippen LogP contribution in [0.1, 0.15) is 49.9 Å². The maximum Gasteiger partial charge on any atom is 0.221 e. The van der Waals surface area contributed by atoms with Crippen LogP contribution in [0.15, 0.2) is 30.5 Å². The van der Waals surface area contributed by atoms with Crippen LogP contribution in [-0.2, 0) is 22.7 Å². The normalized spacial score (nSPS) is 24.9. The summed E-state index contributed by atoms with van der Waals surface area (Å²) in [6.45, 7) is 3.01. The molecule has 2 aliphatic heterocycles. The standard InChI is InChI=1S/C20H27N5O2/c1-14(26)21-16-5-3-15(4-6-16)11-24-18-7-8-19(24)10-20(9-18)25-12-17(13-27-2)22-23-25/h3-6,12,18-20H,7-11,13H2,1-2H3,(H,21,26). The molecule has 1 amide bonds. The van der Waals surface area contributed by atoms with Gasteiger partial charge in [-0.3, -0.25) is 9.69 Å². The van der Waals surface area contributed by atoms with Crippen LogP contribution in [0.5, 0.6) is 0 Å². The number of hydrogen-bond acceptors (Lipinski definition) is 5. The molecule has 7 heteroatoms. The SMILES string of the molecule is COCc1cn(C2CC3CCC(C2)N3Cc2ccc(NC(C)=O)cc2)nn1. The maximum atomic E-state index is 11.2. The van der Waals surface area contributed by atoms with Gasteiger partial charge in [-0.15, -0.1) is 5.10 Å². The summed E-state index contributed by atoms with van der Waals surface area (Å²) in [5.74, 6) is -0.0374. The number of carbonyl (C=O) groups excluding carboxylic acids is 1. The molecule has 0 spiro atoms. The summed E-state index contributed by atoms with van der Waals surface area (Å²) in [6.07, 6.45) is 6.78. The molecule has 27 heavy (non-hydrogen) atoms. The van der Waals surface area contributed by atoms with Crippen molar-refractivity contribution in [3.05, 3.63) is 41.7 Å². The molecule has 2 saturated heterocycles. The third-order valence-corrected chi connectivity index (χ3v) is 5.72. The Morgan fingerprint density at radius 2 is 1.89 bits per heavy atom. The number of ether oxygens (including phenoxy) is 1. The molecule has 1 aromatic carbocycles. The van der Waals surface area contributed by atoms with E-state index in [1.807, 2.05) is 23.0 Å². The number of fused-ring (bicyclic) bond motifs is 2. The Morgan fingerprint density at radius 3 is 2.52 bits per heavy atom. The fourth-order valence-corrected chi connectivity index (χ4v) is 4.53. The lowest BCUT2D eigenvalue weighted by molar-refractivity contribution is -0.114. The first-order valence-electron chi connectivity index (χ1n) is 9.64. The van der Waals surface area contributed by atoms with E-state index in [9.17, 15) is 4.79 Å². The van der Waals surface area contributed by atoms with E-state index in [1.54, 1.807) is 7.11 Å². The topological polar surface area (TPSA) is 72.3 Å². The average Bonchev–Trinajstić information content (AvgIpc) is 3.18. The summed E-state index contributed by atoms with van der Waals surface area (Å²) < 4.78 is 7.19. The molecule has 7 nitrogen and oxygen atoms in total. The van der Waals surface area contributed by atoms with E-state index in [4.69, 9.17) is 4.74 Å². The molecule has 1 N–H and O–H groups in total. The molecule has 4 rings (SSSR count). The highest BCUT2D eigenvalue weighted by molar-refractivity contribution is 5.88. The molecular weight excluding hydrogens is 342 g/mol. The minimum Gasteiger partial charge on any atom is -0.378 e. The molecule has 0 radical (unpaired) electrons. The lowest BCUT2D eigenvalue weighted by atomic mass is 9.96. The van der Waals surface area contributed by atoms with Crippen molar-refractivity contribution in [3.63, 3.8) is 0 Å². The van der Waals surface area contributed by atoms with Crippen LogP contribution in [0.2, 0.25) is 0 Å². The summed E-state index contributed by atoms with van der Waals surface area (Å²) in [5.41, 5.74) is 3.04. The second-order valence-corrected chi connectivity index (χ2v) is 7.68. The fraction of sp³-hybridized carbons (Fsp3) is 0.550. The van der Waals surface area contributed by atoms with E-state index < -0.39 is 0 Å². The molecule has 0 saturated carbocycles. The molecule has 144 valence electrons. The van der Waals surface area contributed by atoms with Crippen molar-refractivity contribution in [2.24, 2.45) is 0 Å². The van der Waals surface area contributed by atoms with E-state index in [-0.39, 0.29) is 5.91 Å². The van der Waals surface area contributed by atoms with E-state index in [0.717, 1.165) is 30.8 Å². The number of anilines is 1. The van der Waals surface area contributed by atoms with E-state index >= 15 is 0 Å². The van der Waals surface area contributed by atoms with Crippen molar-refractivity contribution in [1.82, 2.24) is 19.9 Å². The number of rotatable bonds is 6. The smallest absolute Gasteiger partial charge is 0.221 e. The first-order chi connectivity index (χ1) is 13.1. The van der Waals surface area contributed by atoms with Crippen molar-refractivity contribution in [1.29, 1.82) is 0 Å². The minimum atomic E-state index is -0.0374. The van der Waals surface area contributed by atoms with Gasteiger partial charge in [-0.1, -0.05) is 17.3 Å². The van der Waals surface area contributed by atoms with Gasteiger partial charge in [-0.2, -0.15) is 0 Å². The van der Waals surface area contributed by atoms with Gasteiger partial charge in [0.25, 0.3) is 0 Å². The zero-order valence-electron chi connectivity index (χ0n) is 16.0. The van der Waals surface area contributed by atoms with Gasteiger partial charge in [-0.05, 0) is 43.4 Å². The lowest BCUT2D eigenvalue weighted by Gasteiger charge is -2.38. The number of nitrogens with zero attached hydrogens (tertiary/aromatic N) is 4. The predicted octanol–water partition coefficient (Wildman–Crippen LogP) is 2.75. The van der Waals surface area contributed by atoms with Crippen LogP contribution in [0.4, 0.5) is 5.69 Å². The molecule has 2 unspecified atom stereocenters. The van der Waals surface area contributed by atoms with Gasteiger partial charge in [0, 0.05) is 38.3 Å².